The number of nitrogens with one attached hydrogen (secondary N) is 1. The maximum atomic E-state index is 10.2. The molecule has 0 radical (unpaired) electrons. The number of nitrogens with zero attached hydrogens (tertiary/aromatic N) is 5. The molecule has 9 heteroatoms. The number of para-hydroxylation sites is 4. The molecular formula is C35H33ClN6O2. The van der Waals surface area contributed by atoms with Crippen molar-refractivity contribution in [1.29, 1.82) is 0 Å². The zero-order valence-corrected chi connectivity index (χ0v) is 25.4. The van der Waals surface area contributed by atoms with Crippen molar-refractivity contribution < 1.29 is 9.84 Å². The molecule has 0 saturated carbocycles. The number of halogens is 1. The first-order valence-corrected chi connectivity index (χ1v) is 14.9. The Hall–Kier alpha value is -4.79. The van der Waals surface area contributed by atoms with Crippen LogP contribution in [0.3, 0.4) is 0 Å². The second-order valence-corrected chi connectivity index (χ2v) is 11.1. The van der Waals surface area contributed by atoms with Gasteiger partial charge < -0.3 is 20.1 Å². The predicted molar refractivity (Wildman–Crippen MR) is 177 cm³/mol. The third-order valence-corrected chi connectivity index (χ3v) is 7.91. The number of phenols is 1. The molecular weight excluding hydrogens is 572 g/mol. The van der Waals surface area contributed by atoms with Crippen LogP contribution in [-0.2, 0) is 0 Å². The van der Waals surface area contributed by atoms with Crippen molar-refractivity contribution >= 4 is 39.2 Å². The molecule has 7 rings (SSSR count). The molecule has 4 aromatic carbocycles. The number of hydrogen-bond acceptors (Lipinski definition) is 8. The summed E-state index contributed by atoms with van der Waals surface area (Å²) in [7, 11) is 3.78. The number of hydrogen-bond donors (Lipinski definition) is 2. The first-order chi connectivity index (χ1) is 21.5. The second-order valence-electron chi connectivity index (χ2n) is 10.7. The van der Waals surface area contributed by atoms with Gasteiger partial charge in [0.05, 0.1) is 29.3 Å². The van der Waals surface area contributed by atoms with Crippen molar-refractivity contribution in [1.82, 2.24) is 24.8 Å². The third-order valence-electron chi connectivity index (χ3n) is 7.62. The highest BCUT2D eigenvalue weighted by molar-refractivity contribution is 6.34. The lowest BCUT2D eigenvalue weighted by Gasteiger charge is -2.30. The number of rotatable bonds is 5. The number of piperidine rings is 1. The number of methoxy groups -OCH3 is 1. The topological polar surface area (TPSA) is 96.3 Å². The molecule has 1 saturated heterocycles. The number of anilines is 1. The highest BCUT2D eigenvalue weighted by Crippen LogP contribution is 2.32. The largest absolute Gasteiger partial charge is 0.507 e. The van der Waals surface area contributed by atoms with Gasteiger partial charge in [-0.15, -0.1) is 0 Å². The van der Waals surface area contributed by atoms with E-state index in [1.165, 1.54) is 6.42 Å². The number of aromatic nitrogens is 4. The molecule has 0 aliphatic carbocycles. The smallest absolute Gasteiger partial charge is 0.165 e. The van der Waals surface area contributed by atoms with E-state index in [0.717, 1.165) is 58.4 Å². The molecule has 1 fully saturated rings. The van der Waals surface area contributed by atoms with E-state index in [1.54, 1.807) is 19.2 Å². The zero-order chi connectivity index (χ0) is 30.5. The van der Waals surface area contributed by atoms with E-state index in [2.05, 4.69) is 32.2 Å². The van der Waals surface area contributed by atoms with Crippen LogP contribution >= 0.6 is 11.6 Å². The molecule has 1 unspecified atom stereocenters. The molecule has 222 valence electrons. The minimum atomic E-state index is 0.195. The van der Waals surface area contributed by atoms with E-state index in [0.29, 0.717) is 28.4 Å². The molecule has 2 aromatic heterocycles. The second kappa shape index (κ2) is 13.2. The number of aromatic hydroxyl groups is 1. The van der Waals surface area contributed by atoms with E-state index in [4.69, 9.17) is 21.3 Å². The van der Waals surface area contributed by atoms with Gasteiger partial charge in [-0.25, -0.2) is 19.9 Å². The number of ether oxygens (including phenoxy) is 1. The summed E-state index contributed by atoms with van der Waals surface area (Å²) in [4.78, 5) is 20.6. The molecule has 1 atom stereocenters. The van der Waals surface area contributed by atoms with Gasteiger partial charge in [0.15, 0.2) is 11.6 Å². The molecule has 0 spiro atoms. The van der Waals surface area contributed by atoms with Crippen molar-refractivity contribution in [3.63, 3.8) is 0 Å². The highest BCUT2D eigenvalue weighted by Gasteiger charge is 2.19. The van der Waals surface area contributed by atoms with Gasteiger partial charge in [-0.2, -0.15) is 0 Å². The summed E-state index contributed by atoms with van der Waals surface area (Å²) in [6, 6.07) is 30.9. The van der Waals surface area contributed by atoms with Gasteiger partial charge >= 0.3 is 0 Å². The number of fused-ring (bicyclic) bond motifs is 2. The van der Waals surface area contributed by atoms with E-state index >= 15 is 0 Å². The number of phenolic OH excluding ortho intramolecular Hbond substituents is 1. The molecule has 0 bridgehead atoms. The zero-order valence-electron chi connectivity index (χ0n) is 24.6. The third kappa shape index (κ3) is 6.41. The maximum Gasteiger partial charge on any atom is 0.165 e. The Morgan fingerprint density at radius 2 is 1.39 bits per heavy atom. The van der Waals surface area contributed by atoms with Gasteiger partial charge in [-0.1, -0.05) is 60.1 Å². The molecule has 44 heavy (non-hydrogen) atoms. The summed E-state index contributed by atoms with van der Waals surface area (Å²) in [5, 5.41) is 16.1. The van der Waals surface area contributed by atoms with Crippen molar-refractivity contribution in [2.24, 2.45) is 0 Å². The van der Waals surface area contributed by atoms with E-state index in [1.807, 2.05) is 84.9 Å². The Bertz CT molecular complexity index is 1920. The molecule has 3 heterocycles. The van der Waals surface area contributed by atoms with Gasteiger partial charge in [0.25, 0.3) is 0 Å². The van der Waals surface area contributed by atoms with Crippen molar-refractivity contribution in [2.75, 3.05) is 32.6 Å². The highest BCUT2D eigenvalue weighted by atomic mass is 35.5. The summed E-state index contributed by atoms with van der Waals surface area (Å²) >= 11 is 6.22. The van der Waals surface area contributed by atoms with Crippen LogP contribution in [0.2, 0.25) is 5.15 Å². The number of benzene rings is 4. The van der Waals surface area contributed by atoms with E-state index in [9.17, 15) is 5.11 Å². The average molecular weight is 605 g/mol. The van der Waals surface area contributed by atoms with E-state index < -0.39 is 0 Å². The van der Waals surface area contributed by atoms with E-state index in [-0.39, 0.29) is 5.75 Å². The van der Waals surface area contributed by atoms with Gasteiger partial charge in [0.1, 0.15) is 22.5 Å². The first-order valence-electron chi connectivity index (χ1n) is 14.6. The van der Waals surface area contributed by atoms with Crippen LogP contribution in [-0.4, -0.2) is 63.2 Å². The maximum absolute atomic E-state index is 10.2. The van der Waals surface area contributed by atoms with Crippen LogP contribution in [0.1, 0.15) is 12.8 Å². The molecule has 8 nitrogen and oxygen atoms in total. The SMILES string of the molecule is CN1CCCC(Nc2nc(-c3ccccc3O)nc3ccccc23)C1.COc1ccccc1-c1nc(Cl)c2ccccc2n1. The lowest BCUT2D eigenvalue weighted by Crippen LogP contribution is -2.40. The van der Waals surface area contributed by atoms with Crippen molar-refractivity contribution in [3.8, 4) is 34.3 Å². The summed E-state index contributed by atoms with van der Waals surface area (Å²) in [5.74, 6) is 2.88. The fourth-order valence-corrected chi connectivity index (χ4v) is 5.67. The van der Waals surface area contributed by atoms with Crippen LogP contribution < -0.4 is 10.1 Å². The summed E-state index contributed by atoms with van der Waals surface area (Å²) in [6.45, 7) is 2.15. The van der Waals surface area contributed by atoms with Crippen LogP contribution in [0, 0.1) is 0 Å². The summed E-state index contributed by atoms with van der Waals surface area (Å²) in [5.41, 5.74) is 3.18. The van der Waals surface area contributed by atoms with Crippen molar-refractivity contribution in [3.05, 3.63) is 102 Å². The van der Waals surface area contributed by atoms with Crippen LogP contribution in [0.4, 0.5) is 5.82 Å². The molecule has 6 aromatic rings. The summed E-state index contributed by atoms with van der Waals surface area (Å²) in [6.07, 6.45) is 2.32. The van der Waals surface area contributed by atoms with Crippen LogP contribution in [0.25, 0.3) is 44.6 Å². The molecule has 0 amide bonds. The Balaban J connectivity index is 0.000000162. The monoisotopic (exact) mass is 604 g/mol. The Kier molecular flexibility index (Phi) is 8.81. The molecule has 2 N–H and O–H groups in total. The Labute approximate surface area is 261 Å². The minimum absolute atomic E-state index is 0.195. The lowest BCUT2D eigenvalue weighted by atomic mass is 10.1. The quantitative estimate of drug-likeness (QED) is 0.196. The van der Waals surface area contributed by atoms with Crippen molar-refractivity contribution in [2.45, 2.75) is 18.9 Å². The molecule has 1 aliphatic heterocycles. The summed E-state index contributed by atoms with van der Waals surface area (Å²) < 4.78 is 5.33. The number of likely N-dealkylation sites (N-methyl/N-ethyl adjacent to an activating group) is 1. The minimum Gasteiger partial charge on any atom is -0.507 e. The fraction of sp³-hybridized carbons (Fsp3) is 0.200. The van der Waals surface area contributed by atoms with Gasteiger partial charge in [-0.3, -0.25) is 0 Å². The number of likely N-dealkylation sites (tertiary alicyclic amines) is 1. The predicted octanol–water partition coefficient (Wildman–Crippen LogP) is 7.47. The first kappa shape index (κ1) is 29.3. The van der Waals surface area contributed by atoms with Gasteiger partial charge in [0.2, 0.25) is 0 Å². The average Bonchev–Trinajstić information content (AvgIpc) is 3.05. The lowest BCUT2D eigenvalue weighted by molar-refractivity contribution is 0.261. The fourth-order valence-electron chi connectivity index (χ4n) is 5.44. The normalized spacial score (nSPS) is 15.0. The Morgan fingerprint density at radius 1 is 0.773 bits per heavy atom. The van der Waals surface area contributed by atoms with Gasteiger partial charge in [0, 0.05) is 23.4 Å². The van der Waals surface area contributed by atoms with Crippen LogP contribution in [0.5, 0.6) is 11.5 Å². The van der Waals surface area contributed by atoms with Gasteiger partial charge in [-0.05, 0) is 75.0 Å². The standard InChI is InChI=1S/C20H22N4O.C15H11ClN2O/c1-24-12-6-7-14(13-24)21-19-15-8-2-4-10-17(15)22-20(23-19)16-9-3-5-11-18(16)25;1-19-13-9-5-3-7-11(13)15-17-12-8-4-2-6-10(12)14(16)18-15/h2-5,8-11,14,25H,6-7,12-13H2,1H3,(H,21,22,23);2-9H,1H3. The molecule has 1 aliphatic rings. The Morgan fingerprint density at radius 3 is 2.11 bits per heavy atom. The van der Waals surface area contributed by atoms with Crippen LogP contribution in [0.15, 0.2) is 97.1 Å².